The van der Waals surface area contributed by atoms with Crippen molar-refractivity contribution in [3.05, 3.63) is 224 Å². The Morgan fingerprint density at radius 2 is 0.657 bits per heavy atom. The molecule has 15 rings (SSSR count). The summed E-state index contributed by atoms with van der Waals surface area (Å²) in [6.45, 7) is 0. The molecule has 0 aliphatic heterocycles. The van der Waals surface area contributed by atoms with Crippen LogP contribution in [0, 0.1) is 0 Å². The minimum absolute atomic E-state index is 0.544. The van der Waals surface area contributed by atoms with Gasteiger partial charge in [0, 0.05) is 67.5 Å². The van der Waals surface area contributed by atoms with Crippen LogP contribution in [0.25, 0.3) is 141 Å². The Labute approximate surface area is 409 Å². The standard InChI is InChI=1S/C63H37N5S2/c1-2-14-38(15-3-1)43-16-4-5-21-50(43)61-64-62(67-53-22-10-6-17-44(53)46-30-26-41(36-55(46)67)39-28-32-59-51(34-39)48-19-8-12-24-57(48)69-59)66-63(65-61)68-54-23-11-7-18-45(54)47-31-27-42(37-56(47)68)40-29-33-60-52(35-40)49-20-9-13-25-58(49)70-60/h1-37H. The molecule has 0 saturated heterocycles. The Bertz CT molecular complexity index is 4360. The normalized spacial score (nSPS) is 12.0. The van der Waals surface area contributed by atoms with Gasteiger partial charge in [0.05, 0.1) is 22.1 Å². The van der Waals surface area contributed by atoms with Crippen LogP contribution >= 0.6 is 22.7 Å². The summed E-state index contributed by atoms with van der Waals surface area (Å²) < 4.78 is 9.66. The molecule has 70 heavy (non-hydrogen) atoms. The zero-order valence-electron chi connectivity index (χ0n) is 37.4. The van der Waals surface area contributed by atoms with Crippen molar-refractivity contribution in [1.82, 2.24) is 24.1 Å². The molecule has 5 heterocycles. The summed E-state index contributed by atoms with van der Waals surface area (Å²) in [7, 11) is 0. The van der Waals surface area contributed by atoms with Gasteiger partial charge in [0.1, 0.15) is 0 Å². The number of hydrogen-bond donors (Lipinski definition) is 0. The highest BCUT2D eigenvalue weighted by atomic mass is 32.1. The third-order valence-corrected chi connectivity index (χ3v) is 16.3. The second-order valence-corrected chi connectivity index (χ2v) is 20.1. The molecule has 5 aromatic heterocycles. The van der Waals surface area contributed by atoms with Gasteiger partial charge in [0.15, 0.2) is 5.82 Å². The molecule has 5 nitrogen and oxygen atoms in total. The third-order valence-electron chi connectivity index (χ3n) is 14.0. The second kappa shape index (κ2) is 15.4. The van der Waals surface area contributed by atoms with Crippen molar-refractivity contribution in [3.63, 3.8) is 0 Å². The summed E-state index contributed by atoms with van der Waals surface area (Å²) in [6.07, 6.45) is 0. The lowest BCUT2D eigenvalue weighted by Crippen LogP contribution is -2.10. The van der Waals surface area contributed by atoms with Crippen LogP contribution in [0.5, 0.6) is 0 Å². The van der Waals surface area contributed by atoms with E-state index in [2.05, 4.69) is 234 Å². The van der Waals surface area contributed by atoms with E-state index in [0.29, 0.717) is 17.7 Å². The summed E-state index contributed by atoms with van der Waals surface area (Å²) in [5.74, 6) is 1.68. The van der Waals surface area contributed by atoms with Crippen molar-refractivity contribution in [2.75, 3.05) is 0 Å². The van der Waals surface area contributed by atoms with Gasteiger partial charge in [-0.25, -0.2) is 0 Å². The Morgan fingerprint density at radius 1 is 0.257 bits per heavy atom. The zero-order chi connectivity index (χ0) is 45.9. The van der Waals surface area contributed by atoms with E-state index in [0.717, 1.165) is 82.6 Å². The monoisotopic (exact) mass is 927 g/mol. The number of thiophene rings is 2. The van der Waals surface area contributed by atoms with Crippen molar-refractivity contribution < 1.29 is 0 Å². The average Bonchev–Trinajstić information content (AvgIpc) is 4.18. The van der Waals surface area contributed by atoms with Crippen molar-refractivity contribution in [3.8, 4) is 56.7 Å². The Balaban J connectivity index is 0.994. The summed E-state index contributed by atoms with van der Waals surface area (Å²) in [5.41, 5.74) is 11.7. The van der Waals surface area contributed by atoms with Gasteiger partial charge < -0.3 is 0 Å². The van der Waals surface area contributed by atoms with E-state index in [-0.39, 0.29) is 0 Å². The molecule has 10 aromatic carbocycles. The van der Waals surface area contributed by atoms with Crippen LogP contribution in [-0.4, -0.2) is 24.1 Å². The topological polar surface area (TPSA) is 48.5 Å². The maximum atomic E-state index is 5.59. The molecule has 15 aromatic rings. The lowest BCUT2D eigenvalue weighted by Gasteiger charge is -2.15. The zero-order valence-corrected chi connectivity index (χ0v) is 39.0. The van der Waals surface area contributed by atoms with Crippen molar-refractivity contribution in [2.24, 2.45) is 0 Å². The average molecular weight is 928 g/mol. The molecule has 0 N–H and O–H groups in total. The molecule has 0 atom stereocenters. The molecule has 0 bridgehead atoms. The Morgan fingerprint density at radius 3 is 1.20 bits per heavy atom. The van der Waals surface area contributed by atoms with Crippen LogP contribution in [0.1, 0.15) is 0 Å². The van der Waals surface area contributed by atoms with E-state index in [9.17, 15) is 0 Å². The van der Waals surface area contributed by atoms with E-state index < -0.39 is 0 Å². The number of aromatic nitrogens is 5. The fourth-order valence-electron chi connectivity index (χ4n) is 10.8. The first-order valence-electron chi connectivity index (χ1n) is 23.5. The van der Waals surface area contributed by atoms with Crippen molar-refractivity contribution >= 4 is 107 Å². The van der Waals surface area contributed by atoms with Crippen LogP contribution in [0.2, 0.25) is 0 Å². The predicted octanol–water partition coefficient (Wildman–Crippen LogP) is 17.5. The smallest absolute Gasteiger partial charge is 0.240 e. The van der Waals surface area contributed by atoms with Crippen LogP contribution in [0.4, 0.5) is 0 Å². The minimum atomic E-state index is 0.544. The molecule has 7 heteroatoms. The third kappa shape index (κ3) is 6.05. The SMILES string of the molecule is c1ccc(-c2ccccc2-c2nc(-n3c4ccccc4c4ccc(-c5ccc6sc7ccccc7c6c5)cc43)nc(-n3c4ccccc4c4ccc(-c5ccc6sc7ccccc7c6c5)cc43)n2)cc1. The molecule has 0 aliphatic rings. The molecule has 0 amide bonds. The van der Waals surface area contributed by atoms with Gasteiger partial charge in [0.25, 0.3) is 0 Å². The highest BCUT2D eigenvalue weighted by molar-refractivity contribution is 7.26. The Kier molecular flexibility index (Phi) is 8.63. The van der Waals surface area contributed by atoms with Crippen LogP contribution in [0.3, 0.4) is 0 Å². The summed E-state index contributed by atoms with van der Waals surface area (Å²) >= 11 is 3.69. The number of hydrogen-bond acceptors (Lipinski definition) is 5. The largest absolute Gasteiger partial charge is 0.278 e. The molecule has 0 spiro atoms. The van der Waals surface area contributed by atoms with Gasteiger partial charge in [0.2, 0.25) is 11.9 Å². The molecule has 0 fully saturated rings. The molecular formula is C63H37N5S2. The summed E-state index contributed by atoms with van der Waals surface area (Å²) in [4.78, 5) is 16.6. The molecule has 0 unspecified atom stereocenters. The first kappa shape index (κ1) is 39.3. The fourth-order valence-corrected chi connectivity index (χ4v) is 12.9. The van der Waals surface area contributed by atoms with Gasteiger partial charge in [-0.1, -0.05) is 164 Å². The fraction of sp³-hybridized carbons (Fsp3) is 0. The highest BCUT2D eigenvalue weighted by Gasteiger charge is 2.23. The molecule has 0 radical (unpaired) electrons. The Hall–Kier alpha value is -8.75. The number of rotatable bonds is 6. The number of fused-ring (bicyclic) bond motifs is 12. The van der Waals surface area contributed by atoms with Gasteiger partial charge in [-0.05, 0) is 94.0 Å². The number of benzene rings is 10. The summed E-state index contributed by atoms with van der Waals surface area (Å²) in [6, 6.07) is 81.0. The molecule has 0 aliphatic carbocycles. The van der Waals surface area contributed by atoms with Crippen LogP contribution < -0.4 is 0 Å². The lowest BCUT2D eigenvalue weighted by molar-refractivity contribution is 0.893. The van der Waals surface area contributed by atoms with Crippen molar-refractivity contribution in [1.29, 1.82) is 0 Å². The molecule has 0 saturated carbocycles. The van der Waals surface area contributed by atoms with E-state index in [4.69, 9.17) is 15.0 Å². The van der Waals surface area contributed by atoms with Crippen molar-refractivity contribution in [2.45, 2.75) is 0 Å². The second-order valence-electron chi connectivity index (χ2n) is 18.0. The summed E-state index contributed by atoms with van der Waals surface area (Å²) in [5, 5.41) is 9.65. The van der Waals surface area contributed by atoms with E-state index in [1.165, 1.54) is 40.3 Å². The number of para-hydroxylation sites is 2. The van der Waals surface area contributed by atoms with E-state index >= 15 is 0 Å². The van der Waals surface area contributed by atoms with Gasteiger partial charge in [-0.2, -0.15) is 15.0 Å². The quantitative estimate of drug-likeness (QED) is 0.167. The van der Waals surface area contributed by atoms with E-state index in [1.54, 1.807) is 0 Å². The van der Waals surface area contributed by atoms with Crippen LogP contribution in [-0.2, 0) is 0 Å². The lowest BCUT2D eigenvalue weighted by atomic mass is 9.99. The van der Waals surface area contributed by atoms with E-state index in [1.807, 2.05) is 22.7 Å². The van der Waals surface area contributed by atoms with Gasteiger partial charge in [-0.3, -0.25) is 9.13 Å². The van der Waals surface area contributed by atoms with Crippen LogP contribution in [0.15, 0.2) is 224 Å². The predicted molar refractivity (Wildman–Crippen MR) is 296 cm³/mol. The number of nitrogens with zero attached hydrogens (tertiary/aromatic N) is 5. The molecular weight excluding hydrogens is 891 g/mol. The highest BCUT2D eigenvalue weighted by Crippen LogP contribution is 2.42. The molecule has 326 valence electrons. The first-order valence-corrected chi connectivity index (χ1v) is 25.1. The van der Waals surface area contributed by atoms with Gasteiger partial charge >= 0.3 is 0 Å². The first-order chi connectivity index (χ1) is 34.7. The maximum Gasteiger partial charge on any atom is 0.240 e. The minimum Gasteiger partial charge on any atom is -0.278 e. The maximum absolute atomic E-state index is 5.59. The van der Waals surface area contributed by atoms with Gasteiger partial charge in [-0.15, -0.1) is 22.7 Å².